The van der Waals surface area contributed by atoms with E-state index in [2.05, 4.69) is 20.8 Å². The fourth-order valence-corrected chi connectivity index (χ4v) is 3.25. The maximum Gasteiger partial charge on any atom is 0.206 e. The first-order valence-corrected chi connectivity index (χ1v) is 8.12. The topological polar surface area (TPSA) is 34.1 Å². The number of sulfone groups is 1. The Bertz CT molecular complexity index is 688. The van der Waals surface area contributed by atoms with Gasteiger partial charge in [-0.15, -0.1) is 0 Å². The van der Waals surface area contributed by atoms with Gasteiger partial charge < -0.3 is 0 Å². The van der Waals surface area contributed by atoms with Crippen LogP contribution in [-0.4, -0.2) is 8.42 Å². The number of rotatable bonds is 2. The standard InChI is InChI=1S/C17H20O2S/c1-13-5-9-15(10-6-13)20(18,19)16-11-7-14(8-12-16)17(2,3)4/h5-12H,1-4H3. The van der Waals surface area contributed by atoms with E-state index in [-0.39, 0.29) is 5.41 Å². The van der Waals surface area contributed by atoms with Crippen LogP contribution in [0.2, 0.25) is 0 Å². The average molecular weight is 288 g/mol. The number of benzene rings is 2. The van der Waals surface area contributed by atoms with E-state index in [0.717, 1.165) is 11.1 Å². The molecule has 0 radical (unpaired) electrons. The van der Waals surface area contributed by atoms with Crippen molar-refractivity contribution in [2.75, 3.05) is 0 Å². The third-order valence-corrected chi connectivity index (χ3v) is 5.15. The molecule has 3 heteroatoms. The van der Waals surface area contributed by atoms with Gasteiger partial charge in [0.1, 0.15) is 0 Å². The van der Waals surface area contributed by atoms with Crippen LogP contribution < -0.4 is 0 Å². The number of hydrogen-bond donors (Lipinski definition) is 0. The van der Waals surface area contributed by atoms with Crippen molar-refractivity contribution < 1.29 is 8.42 Å². The van der Waals surface area contributed by atoms with Crippen molar-refractivity contribution in [1.82, 2.24) is 0 Å². The highest BCUT2D eigenvalue weighted by Crippen LogP contribution is 2.26. The molecule has 0 unspecified atom stereocenters. The molecule has 106 valence electrons. The molecule has 20 heavy (non-hydrogen) atoms. The molecular formula is C17H20O2S. The zero-order chi connectivity index (χ0) is 15.0. The van der Waals surface area contributed by atoms with E-state index < -0.39 is 9.84 Å². The predicted octanol–water partition coefficient (Wildman–Crippen LogP) is 4.13. The van der Waals surface area contributed by atoms with Crippen molar-refractivity contribution in [3.63, 3.8) is 0 Å². The van der Waals surface area contributed by atoms with Gasteiger partial charge in [0.15, 0.2) is 0 Å². The lowest BCUT2D eigenvalue weighted by Gasteiger charge is -2.19. The zero-order valence-electron chi connectivity index (χ0n) is 12.3. The van der Waals surface area contributed by atoms with Gasteiger partial charge in [-0.05, 0) is 42.2 Å². The minimum atomic E-state index is -3.42. The van der Waals surface area contributed by atoms with Crippen molar-refractivity contribution in [1.29, 1.82) is 0 Å². The molecule has 0 fully saturated rings. The van der Waals surface area contributed by atoms with Crippen LogP contribution in [0.5, 0.6) is 0 Å². The summed E-state index contributed by atoms with van der Waals surface area (Å²) in [6.07, 6.45) is 0. The normalized spacial score (nSPS) is 12.4. The fourth-order valence-electron chi connectivity index (χ4n) is 1.99. The summed E-state index contributed by atoms with van der Waals surface area (Å²) in [5.74, 6) is 0. The number of aryl methyl sites for hydroxylation is 1. The van der Waals surface area contributed by atoms with Crippen LogP contribution in [0.15, 0.2) is 58.3 Å². The van der Waals surface area contributed by atoms with Gasteiger partial charge in [0.25, 0.3) is 0 Å². The molecule has 0 saturated heterocycles. The molecule has 0 N–H and O–H groups in total. The second-order valence-electron chi connectivity index (χ2n) is 6.09. The zero-order valence-corrected chi connectivity index (χ0v) is 13.2. The monoisotopic (exact) mass is 288 g/mol. The lowest BCUT2D eigenvalue weighted by molar-refractivity contribution is 0.586. The van der Waals surface area contributed by atoms with Crippen LogP contribution in [-0.2, 0) is 15.3 Å². The quantitative estimate of drug-likeness (QED) is 0.833. The highest BCUT2D eigenvalue weighted by Gasteiger charge is 2.19. The highest BCUT2D eigenvalue weighted by molar-refractivity contribution is 7.91. The van der Waals surface area contributed by atoms with E-state index in [1.54, 1.807) is 24.3 Å². The highest BCUT2D eigenvalue weighted by atomic mass is 32.2. The molecule has 0 heterocycles. The van der Waals surface area contributed by atoms with Gasteiger partial charge in [0.2, 0.25) is 9.84 Å². The first-order valence-electron chi connectivity index (χ1n) is 6.63. The van der Waals surface area contributed by atoms with Gasteiger partial charge >= 0.3 is 0 Å². The Hall–Kier alpha value is -1.61. The van der Waals surface area contributed by atoms with E-state index >= 15 is 0 Å². The summed E-state index contributed by atoms with van der Waals surface area (Å²) in [6.45, 7) is 8.26. The summed E-state index contributed by atoms with van der Waals surface area (Å²) < 4.78 is 25.0. The molecule has 2 aromatic carbocycles. The summed E-state index contributed by atoms with van der Waals surface area (Å²) in [5.41, 5.74) is 2.19. The van der Waals surface area contributed by atoms with Crippen LogP contribution >= 0.6 is 0 Å². The van der Waals surface area contributed by atoms with Gasteiger partial charge in [-0.3, -0.25) is 0 Å². The van der Waals surface area contributed by atoms with E-state index in [0.29, 0.717) is 9.79 Å². The van der Waals surface area contributed by atoms with Crippen molar-refractivity contribution >= 4 is 9.84 Å². The Morgan fingerprint density at radius 3 is 1.55 bits per heavy atom. The van der Waals surface area contributed by atoms with E-state index in [4.69, 9.17) is 0 Å². The molecule has 0 aliphatic carbocycles. The predicted molar refractivity (Wildman–Crippen MR) is 81.8 cm³/mol. The third-order valence-electron chi connectivity index (χ3n) is 3.36. The molecule has 0 bridgehead atoms. The Kier molecular flexibility index (Phi) is 3.74. The fraction of sp³-hybridized carbons (Fsp3) is 0.294. The minimum absolute atomic E-state index is 0.0200. The average Bonchev–Trinajstić information content (AvgIpc) is 2.38. The van der Waals surface area contributed by atoms with Gasteiger partial charge in [-0.25, -0.2) is 8.42 Å². The van der Waals surface area contributed by atoms with Crippen LogP contribution in [0, 0.1) is 6.92 Å². The smallest absolute Gasteiger partial charge is 0.206 e. The molecule has 0 amide bonds. The number of hydrogen-bond acceptors (Lipinski definition) is 2. The lowest BCUT2D eigenvalue weighted by Crippen LogP contribution is -2.11. The van der Waals surface area contributed by atoms with Crippen molar-refractivity contribution in [3.05, 3.63) is 59.7 Å². The second-order valence-corrected chi connectivity index (χ2v) is 8.04. The Balaban J connectivity index is 2.42. The molecule has 0 aromatic heterocycles. The van der Waals surface area contributed by atoms with E-state index in [1.807, 2.05) is 31.2 Å². The van der Waals surface area contributed by atoms with Gasteiger partial charge in [-0.1, -0.05) is 50.6 Å². The molecular weight excluding hydrogens is 268 g/mol. The van der Waals surface area contributed by atoms with Crippen LogP contribution in [0.4, 0.5) is 0 Å². The maximum absolute atomic E-state index is 12.5. The molecule has 0 saturated carbocycles. The molecule has 0 aliphatic heterocycles. The molecule has 0 atom stereocenters. The SMILES string of the molecule is Cc1ccc(S(=O)(=O)c2ccc(C(C)(C)C)cc2)cc1. The van der Waals surface area contributed by atoms with E-state index in [9.17, 15) is 8.42 Å². The Morgan fingerprint density at radius 1 is 0.750 bits per heavy atom. The van der Waals surface area contributed by atoms with Gasteiger partial charge in [0.05, 0.1) is 9.79 Å². The molecule has 0 aliphatic rings. The van der Waals surface area contributed by atoms with Gasteiger partial charge in [0, 0.05) is 0 Å². The summed E-state index contributed by atoms with van der Waals surface area (Å²) in [4.78, 5) is 0.681. The largest absolute Gasteiger partial charge is 0.219 e. The molecule has 2 nitrogen and oxygen atoms in total. The summed E-state index contributed by atoms with van der Waals surface area (Å²) in [5, 5.41) is 0. The summed E-state index contributed by atoms with van der Waals surface area (Å²) >= 11 is 0. The Labute approximate surface area is 121 Å². The van der Waals surface area contributed by atoms with Crippen molar-refractivity contribution in [3.8, 4) is 0 Å². The summed E-state index contributed by atoms with van der Waals surface area (Å²) in [6, 6.07) is 14.1. The van der Waals surface area contributed by atoms with E-state index in [1.165, 1.54) is 0 Å². The third kappa shape index (κ3) is 2.93. The first-order chi connectivity index (χ1) is 9.21. The molecule has 0 spiro atoms. The van der Waals surface area contributed by atoms with Crippen LogP contribution in [0.1, 0.15) is 31.9 Å². The molecule has 2 aromatic rings. The van der Waals surface area contributed by atoms with Crippen molar-refractivity contribution in [2.45, 2.75) is 42.9 Å². The van der Waals surface area contributed by atoms with Crippen molar-refractivity contribution in [2.24, 2.45) is 0 Å². The van der Waals surface area contributed by atoms with Gasteiger partial charge in [-0.2, -0.15) is 0 Å². The minimum Gasteiger partial charge on any atom is -0.219 e. The van der Waals surface area contributed by atoms with Crippen LogP contribution in [0.25, 0.3) is 0 Å². The first kappa shape index (κ1) is 14.8. The lowest BCUT2D eigenvalue weighted by atomic mass is 9.87. The summed E-state index contributed by atoms with van der Waals surface area (Å²) in [7, 11) is -3.42. The molecule has 2 rings (SSSR count). The second kappa shape index (κ2) is 5.06. The maximum atomic E-state index is 12.5. The Morgan fingerprint density at radius 2 is 1.15 bits per heavy atom. The van der Waals surface area contributed by atoms with Crippen LogP contribution in [0.3, 0.4) is 0 Å².